The zero-order valence-electron chi connectivity index (χ0n) is 28.5. The largest absolute Gasteiger partial charge is 0.504 e. The summed E-state index contributed by atoms with van der Waals surface area (Å²) >= 11 is 0. The van der Waals surface area contributed by atoms with Crippen LogP contribution in [0.15, 0.2) is 72.8 Å². The minimum atomic E-state index is -1.60. The maximum Gasteiger partial charge on any atom is 0.347 e. The van der Waals surface area contributed by atoms with Crippen molar-refractivity contribution in [3.05, 3.63) is 101 Å². The molecule has 16 nitrogen and oxygen atoms in total. The van der Waals surface area contributed by atoms with Crippen LogP contribution in [-0.2, 0) is 51.0 Å². The average molecular weight is 747 g/mol. The Morgan fingerprint density at radius 1 is 0.648 bits per heavy atom. The SMILES string of the molecule is COC(=O)[C@H](Cc1ccc(O)c(O)c1)OC(=O)[C@H]1c2c(C=CC(=O)O[C@H](Cc3ccc(O)c(O)c3)C(=O)OC)ccc(O)c2O[C@@H]1c1ccc(O)c(O)c1. The van der Waals surface area contributed by atoms with E-state index in [-0.39, 0.29) is 40.8 Å². The summed E-state index contributed by atoms with van der Waals surface area (Å²) in [5, 5.41) is 70.2. The smallest absolute Gasteiger partial charge is 0.347 e. The molecule has 0 amide bonds. The van der Waals surface area contributed by atoms with Crippen molar-refractivity contribution in [1.29, 1.82) is 0 Å². The summed E-state index contributed by atoms with van der Waals surface area (Å²) in [6.45, 7) is 0. The van der Waals surface area contributed by atoms with Crippen molar-refractivity contribution >= 4 is 30.0 Å². The Morgan fingerprint density at radius 2 is 1.15 bits per heavy atom. The summed E-state index contributed by atoms with van der Waals surface area (Å²) in [7, 11) is 2.14. The molecule has 0 radical (unpaired) electrons. The van der Waals surface area contributed by atoms with Crippen LogP contribution in [0.3, 0.4) is 0 Å². The molecule has 16 heteroatoms. The summed E-state index contributed by atoms with van der Waals surface area (Å²) in [5.74, 6) is -9.00. The molecule has 54 heavy (non-hydrogen) atoms. The molecule has 0 saturated heterocycles. The topological polar surface area (TPSA) is 256 Å². The predicted octanol–water partition coefficient (Wildman–Crippen LogP) is 3.51. The lowest BCUT2D eigenvalue weighted by atomic mass is 9.87. The van der Waals surface area contributed by atoms with Crippen LogP contribution in [0.1, 0.15) is 39.8 Å². The molecule has 0 fully saturated rings. The molecule has 282 valence electrons. The Kier molecular flexibility index (Phi) is 11.3. The first-order chi connectivity index (χ1) is 25.7. The summed E-state index contributed by atoms with van der Waals surface area (Å²) in [6.07, 6.45) is -2.82. The lowest BCUT2D eigenvalue weighted by Gasteiger charge is -2.22. The Bertz CT molecular complexity index is 2120. The standard InChI is InChI=1S/C38H34O16/c1-50-36(47)29(15-18-3-8-22(39)26(43)13-18)52-31(46)12-7-20-5-11-25(42)35-32(20)33(34(54-35)21-6-10-24(41)28(45)17-21)38(49)53-30(37(48)51-2)16-19-4-9-23(40)27(44)14-19/h3-14,17,29-30,33-34,39-45H,15-16H2,1-2H3/t29-,30+,33+,34-/m1/s1. The number of ether oxygens (including phenoxy) is 5. The van der Waals surface area contributed by atoms with Crippen molar-refractivity contribution < 1.29 is 78.6 Å². The number of hydrogen-bond acceptors (Lipinski definition) is 16. The van der Waals surface area contributed by atoms with Gasteiger partial charge in [0.15, 0.2) is 46.0 Å². The van der Waals surface area contributed by atoms with Crippen molar-refractivity contribution in [2.75, 3.05) is 14.2 Å². The number of hydrogen-bond donors (Lipinski definition) is 7. The van der Waals surface area contributed by atoms with Gasteiger partial charge in [-0.05, 0) is 70.8 Å². The van der Waals surface area contributed by atoms with Crippen LogP contribution in [0, 0.1) is 0 Å². The highest BCUT2D eigenvalue weighted by Crippen LogP contribution is 2.53. The zero-order chi connectivity index (χ0) is 39.3. The number of esters is 4. The normalized spacial score (nSPS) is 15.7. The highest BCUT2D eigenvalue weighted by molar-refractivity contribution is 5.92. The van der Waals surface area contributed by atoms with Crippen LogP contribution in [0.25, 0.3) is 6.08 Å². The molecule has 0 aliphatic carbocycles. The van der Waals surface area contributed by atoms with E-state index < -0.39 is 88.4 Å². The Balaban J connectivity index is 1.49. The van der Waals surface area contributed by atoms with Gasteiger partial charge in [-0.25, -0.2) is 14.4 Å². The molecule has 4 aromatic rings. The molecule has 1 aliphatic rings. The number of fused-ring (bicyclic) bond motifs is 1. The van der Waals surface area contributed by atoms with E-state index in [0.29, 0.717) is 5.56 Å². The molecule has 0 aromatic heterocycles. The van der Waals surface area contributed by atoms with Gasteiger partial charge in [-0.2, -0.15) is 0 Å². The molecule has 0 bridgehead atoms. The van der Waals surface area contributed by atoms with E-state index >= 15 is 0 Å². The molecule has 7 N–H and O–H groups in total. The van der Waals surface area contributed by atoms with Gasteiger partial charge in [0.05, 0.1) is 14.2 Å². The fourth-order valence-corrected chi connectivity index (χ4v) is 5.74. The van der Waals surface area contributed by atoms with Crippen LogP contribution in [0.4, 0.5) is 0 Å². The molecule has 5 rings (SSSR count). The van der Waals surface area contributed by atoms with E-state index in [4.69, 9.17) is 23.7 Å². The molecule has 0 spiro atoms. The van der Waals surface area contributed by atoms with Crippen LogP contribution >= 0.6 is 0 Å². The first kappa shape index (κ1) is 38.1. The maximum atomic E-state index is 14.2. The van der Waals surface area contributed by atoms with Crippen molar-refractivity contribution in [3.63, 3.8) is 0 Å². The number of phenols is 7. The first-order valence-corrected chi connectivity index (χ1v) is 16.0. The lowest BCUT2D eigenvalue weighted by molar-refractivity contribution is -0.167. The Morgan fingerprint density at radius 3 is 1.67 bits per heavy atom. The van der Waals surface area contributed by atoms with E-state index in [0.717, 1.165) is 38.5 Å². The molecule has 1 aliphatic heterocycles. The number of aromatic hydroxyl groups is 7. The lowest BCUT2D eigenvalue weighted by Crippen LogP contribution is -2.33. The van der Waals surface area contributed by atoms with E-state index in [9.17, 15) is 54.9 Å². The summed E-state index contributed by atoms with van der Waals surface area (Å²) in [5.41, 5.74) is 0.839. The maximum absolute atomic E-state index is 14.2. The second kappa shape index (κ2) is 16.1. The molecular weight excluding hydrogens is 712 g/mol. The third kappa shape index (κ3) is 8.33. The van der Waals surface area contributed by atoms with Gasteiger partial charge in [-0.1, -0.05) is 24.3 Å². The van der Waals surface area contributed by atoms with E-state index in [1.165, 1.54) is 54.6 Å². The van der Waals surface area contributed by atoms with Crippen LogP contribution in [-0.4, -0.2) is 86.1 Å². The first-order valence-electron chi connectivity index (χ1n) is 16.0. The second-order valence-corrected chi connectivity index (χ2v) is 12.0. The van der Waals surface area contributed by atoms with Crippen LogP contribution < -0.4 is 4.74 Å². The number of benzene rings is 4. The van der Waals surface area contributed by atoms with Gasteiger partial charge in [0.1, 0.15) is 12.0 Å². The minimum absolute atomic E-state index is 0.0170. The van der Waals surface area contributed by atoms with Crippen molar-refractivity contribution in [2.45, 2.75) is 37.1 Å². The minimum Gasteiger partial charge on any atom is -0.504 e. The Hall–Kier alpha value is -7.10. The summed E-state index contributed by atoms with van der Waals surface area (Å²) < 4.78 is 26.7. The van der Waals surface area contributed by atoms with E-state index in [2.05, 4.69) is 0 Å². The highest BCUT2D eigenvalue weighted by atomic mass is 16.6. The zero-order valence-corrected chi connectivity index (χ0v) is 28.5. The molecule has 1 heterocycles. The van der Waals surface area contributed by atoms with Gasteiger partial charge in [-0.15, -0.1) is 0 Å². The number of phenolic OH excluding ortho intramolecular Hbond substituents is 7. The van der Waals surface area contributed by atoms with Gasteiger partial charge in [0.25, 0.3) is 0 Å². The molecule has 0 saturated carbocycles. The molecule has 0 unspecified atom stereocenters. The third-order valence-electron chi connectivity index (χ3n) is 8.42. The van der Waals surface area contributed by atoms with Gasteiger partial charge < -0.3 is 59.4 Å². The third-order valence-corrected chi connectivity index (χ3v) is 8.42. The Labute approximate surface area is 306 Å². The van der Waals surface area contributed by atoms with E-state index in [1.807, 2.05) is 0 Å². The number of carbonyl (C=O) groups excluding carboxylic acids is 4. The summed E-state index contributed by atoms with van der Waals surface area (Å²) in [6, 6.07) is 13.6. The van der Waals surface area contributed by atoms with Crippen molar-refractivity contribution in [2.24, 2.45) is 0 Å². The van der Waals surface area contributed by atoms with Gasteiger partial charge in [0, 0.05) is 24.5 Å². The van der Waals surface area contributed by atoms with E-state index in [1.54, 1.807) is 0 Å². The number of carbonyl (C=O) groups is 4. The molecule has 4 atom stereocenters. The monoisotopic (exact) mass is 746 g/mol. The van der Waals surface area contributed by atoms with Gasteiger partial charge in [0.2, 0.25) is 12.2 Å². The second-order valence-electron chi connectivity index (χ2n) is 12.0. The van der Waals surface area contributed by atoms with Crippen LogP contribution in [0.2, 0.25) is 0 Å². The highest BCUT2D eigenvalue weighted by Gasteiger charge is 2.46. The molecular formula is C38H34O16. The number of methoxy groups -OCH3 is 2. The fourth-order valence-electron chi connectivity index (χ4n) is 5.74. The number of rotatable bonds is 12. The van der Waals surface area contributed by atoms with Crippen molar-refractivity contribution in [1.82, 2.24) is 0 Å². The molecule has 4 aromatic carbocycles. The summed E-state index contributed by atoms with van der Waals surface area (Å²) in [4.78, 5) is 52.5. The van der Waals surface area contributed by atoms with Crippen molar-refractivity contribution in [3.8, 4) is 46.0 Å². The predicted molar refractivity (Wildman–Crippen MR) is 184 cm³/mol. The van der Waals surface area contributed by atoms with Gasteiger partial charge in [-0.3, -0.25) is 4.79 Å². The average Bonchev–Trinajstić information content (AvgIpc) is 3.56. The fraction of sp³-hybridized carbons (Fsp3) is 0.211. The quantitative estimate of drug-likeness (QED) is 0.0474. The van der Waals surface area contributed by atoms with Crippen LogP contribution in [0.5, 0.6) is 46.0 Å². The van der Waals surface area contributed by atoms with Gasteiger partial charge >= 0.3 is 23.9 Å².